The number of aryl methyl sites for hydroxylation is 1. The van der Waals surface area contributed by atoms with Crippen molar-refractivity contribution in [2.75, 3.05) is 12.3 Å². The summed E-state index contributed by atoms with van der Waals surface area (Å²) in [5.41, 5.74) is 10.1. The molecule has 0 radical (unpaired) electrons. The summed E-state index contributed by atoms with van der Waals surface area (Å²) in [7, 11) is 1.86. The molecule has 32 heavy (non-hydrogen) atoms. The number of ether oxygens (including phenoxy) is 1. The van der Waals surface area contributed by atoms with Gasteiger partial charge in [0.25, 0.3) is 5.91 Å². The zero-order chi connectivity index (χ0) is 22.0. The quantitative estimate of drug-likeness (QED) is 0.510. The average Bonchev–Trinajstić information content (AvgIpc) is 3.43. The number of terminal acetylenes is 1. The standard InChI is InChI=1S/C25H21N5O2/c1-3-14-4-8-17-21(13-32-22(17)10-14)30(16-6-7-16)25(31)15-5-9-20-18(11-15)23-19(24(26)28-20)12-27-29(23)2/h1,4-5,8-12,16,21H,6-7,13H2,2H3,(H2,26,28). The van der Waals surface area contributed by atoms with Crippen LogP contribution in [0.15, 0.2) is 42.6 Å². The van der Waals surface area contributed by atoms with Gasteiger partial charge in [-0.25, -0.2) is 4.98 Å². The number of hydrogen-bond acceptors (Lipinski definition) is 5. The van der Waals surface area contributed by atoms with Gasteiger partial charge in [-0.2, -0.15) is 5.10 Å². The topological polar surface area (TPSA) is 86.3 Å². The van der Waals surface area contributed by atoms with Crippen molar-refractivity contribution in [2.45, 2.75) is 24.9 Å². The fourth-order valence-electron chi connectivity index (χ4n) is 4.67. The molecule has 3 heterocycles. The van der Waals surface area contributed by atoms with Gasteiger partial charge < -0.3 is 15.4 Å². The molecule has 1 aliphatic carbocycles. The third-order valence-corrected chi connectivity index (χ3v) is 6.40. The van der Waals surface area contributed by atoms with Crippen LogP contribution in [0.1, 0.15) is 40.4 Å². The van der Waals surface area contributed by atoms with Crippen LogP contribution in [0.25, 0.3) is 21.8 Å². The number of aromatic nitrogens is 3. The summed E-state index contributed by atoms with van der Waals surface area (Å²) in [5.74, 6) is 3.83. The highest BCUT2D eigenvalue weighted by molar-refractivity contribution is 6.10. The minimum absolute atomic E-state index is 0.0102. The van der Waals surface area contributed by atoms with Gasteiger partial charge in [-0.1, -0.05) is 12.0 Å². The Hall–Kier alpha value is -4.05. The van der Waals surface area contributed by atoms with E-state index in [0.29, 0.717) is 18.0 Å². The molecule has 4 aromatic rings. The lowest BCUT2D eigenvalue weighted by Crippen LogP contribution is -2.37. The maximum atomic E-state index is 13.8. The molecule has 7 nitrogen and oxygen atoms in total. The molecular formula is C25H21N5O2. The number of benzene rings is 2. The number of anilines is 1. The summed E-state index contributed by atoms with van der Waals surface area (Å²) in [5, 5.41) is 5.97. The SMILES string of the molecule is C#Cc1ccc2c(c1)OCC2N(C(=O)c1ccc2nc(N)c3cnn(C)c3c2c1)C1CC1. The molecule has 1 fully saturated rings. The minimum Gasteiger partial charge on any atom is -0.491 e. The first-order valence-electron chi connectivity index (χ1n) is 10.6. The second-order valence-corrected chi connectivity index (χ2v) is 8.43. The van der Waals surface area contributed by atoms with Crippen molar-refractivity contribution in [2.24, 2.45) is 7.05 Å². The van der Waals surface area contributed by atoms with E-state index in [1.165, 1.54) is 0 Å². The van der Waals surface area contributed by atoms with E-state index in [4.69, 9.17) is 16.9 Å². The number of carbonyl (C=O) groups is 1. The van der Waals surface area contributed by atoms with E-state index in [9.17, 15) is 4.79 Å². The number of rotatable bonds is 3. The molecule has 0 spiro atoms. The number of amides is 1. The summed E-state index contributed by atoms with van der Waals surface area (Å²) < 4.78 is 7.69. The largest absolute Gasteiger partial charge is 0.491 e. The molecule has 2 aliphatic rings. The van der Waals surface area contributed by atoms with Gasteiger partial charge in [0.05, 0.1) is 28.7 Å². The molecule has 0 saturated heterocycles. The van der Waals surface area contributed by atoms with Crippen LogP contribution in [-0.2, 0) is 7.05 Å². The lowest BCUT2D eigenvalue weighted by molar-refractivity contribution is 0.0630. The van der Waals surface area contributed by atoms with Gasteiger partial charge in [0.15, 0.2) is 0 Å². The Labute approximate surface area is 184 Å². The molecule has 0 bridgehead atoms. The minimum atomic E-state index is -0.131. The van der Waals surface area contributed by atoms with Crippen molar-refractivity contribution in [1.82, 2.24) is 19.7 Å². The van der Waals surface area contributed by atoms with Gasteiger partial charge in [-0.05, 0) is 43.2 Å². The van der Waals surface area contributed by atoms with Crippen molar-refractivity contribution in [3.8, 4) is 18.1 Å². The molecule has 1 saturated carbocycles. The Morgan fingerprint density at radius 2 is 2.09 bits per heavy atom. The van der Waals surface area contributed by atoms with Gasteiger partial charge in [0.1, 0.15) is 18.2 Å². The van der Waals surface area contributed by atoms with Crippen LogP contribution in [0.4, 0.5) is 5.82 Å². The fourth-order valence-corrected chi connectivity index (χ4v) is 4.67. The van der Waals surface area contributed by atoms with Crippen molar-refractivity contribution in [3.05, 3.63) is 59.3 Å². The van der Waals surface area contributed by atoms with Crippen molar-refractivity contribution >= 4 is 33.5 Å². The number of nitrogens with two attached hydrogens (primary N) is 1. The molecule has 1 amide bonds. The predicted molar refractivity (Wildman–Crippen MR) is 122 cm³/mol. The van der Waals surface area contributed by atoms with Gasteiger partial charge in [-0.3, -0.25) is 9.48 Å². The molecule has 158 valence electrons. The van der Waals surface area contributed by atoms with Crippen LogP contribution in [0.3, 0.4) is 0 Å². The zero-order valence-corrected chi connectivity index (χ0v) is 17.6. The highest BCUT2D eigenvalue weighted by Gasteiger charge is 2.42. The van der Waals surface area contributed by atoms with E-state index < -0.39 is 0 Å². The van der Waals surface area contributed by atoms with Crippen LogP contribution >= 0.6 is 0 Å². The fraction of sp³-hybridized carbons (Fsp3) is 0.240. The van der Waals surface area contributed by atoms with Gasteiger partial charge in [0.2, 0.25) is 0 Å². The lowest BCUT2D eigenvalue weighted by atomic mass is 10.0. The smallest absolute Gasteiger partial charge is 0.254 e. The second-order valence-electron chi connectivity index (χ2n) is 8.43. The van der Waals surface area contributed by atoms with Crippen LogP contribution < -0.4 is 10.5 Å². The Kier molecular flexibility index (Phi) is 3.93. The number of carbonyl (C=O) groups excluding carboxylic acids is 1. The summed E-state index contributed by atoms with van der Waals surface area (Å²) in [6.45, 7) is 0.434. The third-order valence-electron chi connectivity index (χ3n) is 6.40. The number of hydrogen-bond donors (Lipinski definition) is 1. The van der Waals surface area contributed by atoms with E-state index in [2.05, 4.69) is 16.0 Å². The van der Waals surface area contributed by atoms with Crippen LogP contribution in [0, 0.1) is 12.3 Å². The molecular weight excluding hydrogens is 402 g/mol. The highest BCUT2D eigenvalue weighted by Crippen LogP contribution is 2.43. The Balaban J connectivity index is 1.44. The number of nitrogen functional groups attached to an aromatic ring is 1. The molecule has 2 aromatic carbocycles. The van der Waals surface area contributed by atoms with Crippen molar-refractivity contribution in [3.63, 3.8) is 0 Å². The summed E-state index contributed by atoms with van der Waals surface area (Å²) in [4.78, 5) is 20.3. The van der Waals surface area contributed by atoms with Gasteiger partial charge in [-0.15, -0.1) is 6.42 Å². The predicted octanol–water partition coefficient (Wildman–Crippen LogP) is 3.42. The molecule has 2 aromatic heterocycles. The summed E-state index contributed by atoms with van der Waals surface area (Å²) in [6.07, 6.45) is 9.23. The van der Waals surface area contributed by atoms with Crippen molar-refractivity contribution in [1.29, 1.82) is 0 Å². The molecule has 6 rings (SSSR count). The Bertz CT molecular complexity index is 1460. The number of pyridine rings is 1. The molecule has 1 atom stereocenters. The zero-order valence-electron chi connectivity index (χ0n) is 17.6. The van der Waals surface area contributed by atoms with Gasteiger partial charge in [0, 0.05) is 35.2 Å². The van der Waals surface area contributed by atoms with E-state index >= 15 is 0 Å². The molecule has 1 aliphatic heterocycles. The van der Waals surface area contributed by atoms with Crippen LogP contribution in [-0.4, -0.2) is 38.2 Å². The lowest BCUT2D eigenvalue weighted by Gasteiger charge is -2.28. The van der Waals surface area contributed by atoms with Crippen LogP contribution in [0.5, 0.6) is 5.75 Å². The van der Waals surface area contributed by atoms with Crippen LogP contribution in [0.2, 0.25) is 0 Å². The molecule has 1 unspecified atom stereocenters. The summed E-state index contributed by atoms with van der Waals surface area (Å²) >= 11 is 0. The average molecular weight is 423 g/mol. The highest BCUT2D eigenvalue weighted by atomic mass is 16.5. The van der Waals surface area contributed by atoms with Crippen molar-refractivity contribution < 1.29 is 9.53 Å². The number of fused-ring (bicyclic) bond motifs is 4. The van der Waals surface area contributed by atoms with Gasteiger partial charge >= 0.3 is 0 Å². The first kappa shape index (κ1) is 18.7. The van der Waals surface area contributed by atoms with E-state index in [1.54, 1.807) is 10.9 Å². The van der Waals surface area contributed by atoms with E-state index in [0.717, 1.165) is 51.5 Å². The number of nitrogens with zero attached hydrogens (tertiary/aromatic N) is 4. The maximum Gasteiger partial charge on any atom is 0.254 e. The molecule has 7 heteroatoms. The van der Waals surface area contributed by atoms with E-state index in [1.807, 2.05) is 48.3 Å². The maximum absolute atomic E-state index is 13.8. The first-order valence-corrected chi connectivity index (χ1v) is 10.6. The normalized spacial score (nSPS) is 17.2. The second kappa shape index (κ2) is 6.72. The summed E-state index contributed by atoms with van der Waals surface area (Å²) in [6, 6.07) is 11.4. The van der Waals surface area contributed by atoms with E-state index in [-0.39, 0.29) is 18.0 Å². The molecule has 2 N–H and O–H groups in total. The Morgan fingerprint density at radius 3 is 2.88 bits per heavy atom. The third kappa shape index (κ3) is 2.73. The monoisotopic (exact) mass is 423 g/mol. The first-order chi connectivity index (χ1) is 15.5. The Morgan fingerprint density at radius 1 is 1.25 bits per heavy atom.